The normalized spacial score (nSPS) is 10.5. The second kappa shape index (κ2) is 7.14. The zero-order chi connectivity index (χ0) is 14.4. The largest absolute Gasteiger partial charge is 0.490 e. The third-order valence-electron chi connectivity index (χ3n) is 2.70. The molecular formula is C15H19NO3S. The number of benzene rings is 1. The van der Waals surface area contributed by atoms with Crippen LogP contribution in [0, 0.1) is 4.84 Å². The highest BCUT2D eigenvalue weighted by atomic mass is 32.1. The highest BCUT2D eigenvalue weighted by Gasteiger charge is 2.09. The monoisotopic (exact) mass is 293 g/mol. The van der Waals surface area contributed by atoms with Crippen molar-refractivity contribution in [1.29, 1.82) is 0 Å². The lowest BCUT2D eigenvalue weighted by Gasteiger charge is -2.13. The van der Waals surface area contributed by atoms with Gasteiger partial charge < -0.3 is 18.9 Å². The molecule has 4 nitrogen and oxygen atoms in total. The summed E-state index contributed by atoms with van der Waals surface area (Å²) in [6.07, 6.45) is 3.52. The summed E-state index contributed by atoms with van der Waals surface area (Å²) in [5, 5.41) is 0. The Hall–Kier alpha value is -1.75. The molecule has 0 aliphatic carbocycles. The van der Waals surface area contributed by atoms with Crippen LogP contribution < -0.4 is 9.47 Å². The predicted octanol–water partition coefficient (Wildman–Crippen LogP) is 4.58. The predicted molar refractivity (Wildman–Crippen MR) is 80.9 cm³/mol. The molecule has 0 unspecified atom stereocenters. The van der Waals surface area contributed by atoms with Crippen molar-refractivity contribution in [3.8, 4) is 22.8 Å². The summed E-state index contributed by atoms with van der Waals surface area (Å²) in [5.74, 6) is 1.52. The van der Waals surface area contributed by atoms with Crippen LogP contribution in [-0.2, 0) is 0 Å². The molecule has 2 rings (SSSR count). The average molecular weight is 293 g/mol. The highest BCUT2D eigenvalue weighted by molar-refractivity contribution is 7.71. The first-order valence-electron chi connectivity index (χ1n) is 6.82. The van der Waals surface area contributed by atoms with Gasteiger partial charge in [-0.25, -0.2) is 0 Å². The lowest BCUT2D eigenvalue weighted by Crippen LogP contribution is -2.01. The van der Waals surface area contributed by atoms with E-state index in [1.165, 1.54) is 0 Å². The van der Waals surface area contributed by atoms with Crippen molar-refractivity contribution in [3.63, 3.8) is 0 Å². The van der Waals surface area contributed by atoms with Gasteiger partial charge in [0.05, 0.1) is 18.9 Å². The molecule has 0 saturated carbocycles. The molecule has 1 N–H and O–H groups in total. The van der Waals surface area contributed by atoms with Gasteiger partial charge in [0.15, 0.2) is 11.5 Å². The Labute approximate surface area is 123 Å². The molecule has 1 aromatic carbocycles. The van der Waals surface area contributed by atoms with Gasteiger partial charge in [0.2, 0.25) is 0 Å². The van der Waals surface area contributed by atoms with Crippen molar-refractivity contribution in [2.24, 2.45) is 0 Å². The zero-order valence-electron chi connectivity index (χ0n) is 11.8. The minimum Gasteiger partial charge on any atom is -0.490 e. The Kier molecular flexibility index (Phi) is 5.24. The van der Waals surface area contributed by atoms with E-state index in [4.69, 9.17) is 26.1 Å². The van der Waals surface area contributed by atoms with Crippen molar-refractivity contribution >= 4 is 12.2 Å². The molecule has 0 aliphatic rings. The number of aromatic nitrogens is 1. The fraction of sp³-hybridized carbons (Fsp3) is 0.400. The van der Waals surface area contributed by atoms with Crippen LogP contribution in [0.25, 0.3) is 11.3 Å². The minimum atomic E-state index is 0.363. The summed E-state index contributed by atoms with van der Waals surface area (Å²) >= 11 is 4.94. The standard InChI is InChI=1S/C15H19NO3S/c1-3-7-17-13-6-5-11(9-14(13)18-8-4-2)12-10-19-15(20)16-12/h5-6,9-10H,3-4,7-8H2,1-2H3,(H,16,20). The van der Waals surface area contributed by atoms with Crippen LogP contribution in [0.4, 0.5) is 0 Å². The summed E-state index contributed by atoms with van der Waals surface area (Å²) in [4.78, 5) is 3.35. The van der Waals surface area contributed by atoms with Gasteiger partial charge in [-0.3, -0.25) is 0 Å². The van der Waals surface area contributed by atoms with E-state index in [9.17, 15) is 0 Å². The van der Waals surface area contributed by atoms with Gasteiger partial charge >= 0.3 is 0 Å². The lowest BCUT2D eigenvalue weighted by atomic mass is 10.1. The minimum absolute atomic E-state index is 0.363. The number of nitrogens with one attached hydrogen (secondary N) is 1. The number of hydrogen-bond donors (Lipinski definition) is 1. The molecule has 20 heavy (non-hydrogen) atoms. The topological polar surface area (TPSA) is 47.4 Å². The van der Waals surface area contributed by atoms with Crippen molar-refractivity contribution in [3.05, 3.63) is 29.3 Å². The van der Waals surface area contributed by atoms with Gasteiger partial charge in [0, 0.05) is 5.56 Å². The van der Waals surface area contributed by atoms with Gasteiger partial charge in [-0.15, -0.1) is 0 Å². The molecule has 0 aliphatic heterocycles. The molecule has 0 bridgehead atoms. The molecule has 1 aromatic heterocycles. The fourth-order valence-electron chi connectivity index (χ4n) is 1.75. The molecule has 0 amide bonds. The smallest absolute Gasteiger partial charge is 0.266 e. The van der Waals surface area contributed by atoms with Crippen LogP contribution >= 0.6 is 12.2 Å². The van der Waals surface area contributed by atoms with E-state index in [0.717, 1.165) is 35.6 Å². The molecule has 2 aromatic rings. The third-order valence-corrected chi connectivity index (χ3v) is 2.90. The van der Waals surface area contributed by atoms with Crippen molar-refractivity contribution in [2.45, 2.75) is 26.7 Å². The molecule has 0 fully saturated rings. The Morgan fingerprint density at radius 3 is 2.40 bits per heavy atom. The average Bonchev–Trinajstić information content (AvgIpc) is 2.90. The van der Waals surface area contributed by atoms with Gasteiger partial charge in [-0.05, 0) is 43.3 Å². The second-order valence-corrected chi connectivity index (χ2v) is 4.79. The summed E-state index contributed by atoms with van der Waals surface area (Å²) in [6, 6.07) is 5.82. The maximum Gasteiger partial charge on any atom is 0.266 e. The Morgan fingerprint density at radius 2 is 1.80 bits per heavy atom. The van der Waals surface area contributed by atoms with Gasteiger partial charge in [0.25, 0.3) is 4.84 Å². The molecule has 108 valence electrons. The Balaban J connectivity index is 2.29. The SMILES string of the molecule is CCCOc1ccc(-c2coc(=S)[nH]2)cc1OCCC. The molecular weight excluding hydrogens is 274 g/mol. The number of aromatic amines is 1. The van der Waals surface area contributed by atoms with Crippen molar-refractivity contribution in [2.75, 3.05) is 13.2 Å². The van der Waals surface area contributed by atoms with Crippen LogP contribution in [0.1, 0.15) is 26.7 Å². The number of oxazole rings is 1. The first kappa shape index (κ1) is 14.7. The third kappa shape index (κ3) is 3.63. The van der Waals surface area contributed by atoms with Gasteiger partial charge in [0.1, 0.15) is 6.26 Å². The van der Waals surface area contributed by atoms with E-state index in [0.29, 0.717) is 18.1 Å². The van der Waals surface area contributed by atoms with Crippen LogP contribution in [0.5, 0.6) is 11.5 Å². The molecule has 0 saturated heterocycles. The van der Waals surface area contributed by atoms with E-state index in [1.54, 1.807) is 6.26 Å². The zero-order valence-corrected chi connectivity index (χ0v) is 12.6. The van der Waals surface area contributed by atoms with Crippen molar-refractivity contribution < 1.29 is 13.9 Å². The first-order chi connectivity index (χ1) is 9.74. The highest BCUT2D eigenvalue weighted by Crippen LogP contribution is 2.32. The summed E-state index contributed by atoms with van der Waals surface area (Å²) < 4.78 is 16.6. The fourth-order valence-corrected chi connectivity index (χ4v) is 1.91. The van der Waals surface area contributed by atoms with Crippen LogP contribution in [0.15, 0.2) is 28.9 Å². The maximum absolute atomic E-state index is 5.76. The van der Waals surface area contributed by atoms with E-state index in [1.807, 2.05) is 18.2 Å². The lowest BCUT2D eigenvalue weighted by molar-refractivity contribution is 0.268. The van der Waals surface area contributed by atoms with E-state index < -0.39 is 0 Å². The molecule has 0 radical (unpaired) electrons. The quantitative estimate of drug-likeness (QED) is 0.759. The molecule has 0 spiro atoms. The summed E-state index contributed by atoms with van der Waals surface area (Å²) in [5.41, 5.74) is 1.79. The van der Waals surface area contributed by atoms with E-state index in [2.05, 4.69) is 18.8 Å². The molecule has 0 atom stereocenters. The van der Waals surface area contributed by atoms with E-state index in [-0.39, 0.29) is 0 Å². The van der Waals surface area contributed by atoms with Crippen LogP contribution in [0.2, 0.25) is 0 Å². The number of hydrogen-bond acceptors (Lipinski definition) is 4. The summed E-state index contributed by atoms with van der Waals surface area (Å²) in [7, 11) is 0. The number of rotatable bonds is 7. The van der Waals surface area contributed by atoms with Crippen LogP contribution in [0.3, 0.4) is 0 Å². The number of H-pyrrole nitrogens is 1. The van der Waals surface area contributed by atoms with Crippen molar-refractivity contribution in [1.82, 2.24) is 4.98 Å². The molecule has 1 heterocycles. The summed E-state index contributed by atoms with van der Waals surface area (Å²) in [6.45, 7) is 5.49. The number of ether oxygens (including phenoxy) is 2. The second-order valence-electron chi connectivity index (χ2n) is 4.42. The molecule has 5 heteroatoms. The van der Waals surface area contributed by atoms with Crippen LogP contribution in [-0.4, -0.2) is 18.2 Å². The van der Waals surface area contributed by atoms with Gasteiger partial charge in [-0.2, -0.15) is 0 Å². The Morgan fingerprint density at radius 1 is 1.10 bits per heavy atom. The Bertz CT molecular complexity index is 603. The first-order valence-corrected chi connectivity index (χ1v) is 7.23. The van der Waals surface area contributed by atoms with E-state index >= 15 is 0 Å². The van der Waals surface area contributed by atoms with Gasteiger partial charge in [-0.1, -0.05) is 13.8 Å². The maximum atomic E-state index is 5.76.